The summed E-state index contributed by atoms with van der Waals surface area (Å²) in [6, 6.07) is 8.89. The third kappa shape index (κ3) is 3.65. The van der Waals surface area contributed by atoms with Crippen LogP contribution in [-0.4, -0.2) is 36.6 Å². The van der Waals surface area contributed by atoms with Crippen molar-refractivity contribution in [2.75, 3.05) is 5.75 Å². The molecule has 3 saturated carbocycles. The van der Waals surface area contributed by atoms with Gasteiger partial charge in [0.25, 0.3) is 0 Å². The topological polar surface area (TPSA) is 74.6 Å². The lowest BCUT2D eigenvalue weighted by Crippen LogP contribution is -2.55. The van der Waals surface area contributed by atoms with E-state index in [-0.39, 0.29) is 22.5 Å². The van der Waals surface area contributed by atoms with Gasteiger partial charge in [-0.2, -0.15) is 0 Å². The number of aliphatic hydroxyl groups excluding tert-OH is 2. The average Bonchev–Trinajstić information content (AvgIpc) is 3.12. The molecule has 0 aromatic heterocycles. The van der Waals surface area contributed by atoms with Crippen molar-refractivity contribution < 1.29 is 18.6 Å². The average molecular weight is 473 g/mol. The van der Waals surface area contributed by atoms with Gasteiger partial charge in [0.05, 0.1) is 22.9 Å². The molecule has 182 valence electrons. The van der Waals surface area contributed by atoms with Gasteiger partial charge >= 0.3 is 0 Å². The highest BCUT2D eigenvalue weighted by atomic mass is 32.2. The minimum absolute atomic E-state index is 0.127. The van der Waals surface area contributed by atoms with Gasteiger partial charge in [-0.15, -0.1) is 0 Å². The Morgan fingerprint density at radius 2 is 1.79 bits per heavy atom. The summed E-state index contributed by atoms with van der Waals surface area (Å²) in [5.41, 5.74) is 1.22. The monoisotopic (exact) mass is 472 g/mol. The number of hydrogen-bond acceptors (Lipinski definition) is 4. The molecule has 5 rings (SSSR count). The molecule has 4 aliphatic rings. The molecule has 1 aromatic carbocycles. The number of benzene rings is 1. The van der Waals surface area contributed by atoms with Gasteiger partial charge in [0.2, 0.25) is 0 Å². The number of hydrogen-bond donors (Lipinski definition) is 2. The fraction of sp³-hybridized carbons (Fsp3) is 0.714. The molecule has 4 nitrogen and oxygen atoms in total. The van der Waals surface area contributed by atoms with Crippen LogP contribution < -0.4 is 0 Å². The third-order valence-electron chi connectivity index (χ3n) is 10.5. The van der Waals surface area contributed by atoms with Gasteiger partial charge in [-0.05, 0) is 85.7 Å². The summed E-state index contributed by atoms with van der Waals surface area (Å²) in [7, 11) is -3.29. The maximum atomic E-state index is 13.1. The number of fused-ring (bicyclic) bond motifs is 5. The molecule has 0 heterocycles. The van der Waals surface area contributed by atoms with Crippen LogP contribution in [0.15, 0.2) is 46.9 Å². The summed E-state index contributed by atoms with van der Waals surface area (Å²) in [5.74, 6) is 2.35. The molecule has 33 heavy (non-hydrogen) atoms. The molecule has 5 heteroatoms. The molecule has 3 fully saturated rings. The van der Waals surface area contributed by atoms with Gasteiger partial charge in [0.1, 0.15) is 0 Å². The summed E-state index contributed by atoms with van der Waals surface area (Å²) in [6.45, 7) is 6.83. The van der Waals surface area contributed by atoms with Crippen molar-refractivity contribution in [3.63, 3.8) is 0 Å². The standard InChI is InChI=1S/C28H40O4S/c1-18(17-33(31,32)21-7-5-4-6-8-21)23-11-12-24-22-10-9-19-15-20(29)16-26(30)28(19,3)25(22)13-14-27(23,24)2/h4-9,18,20,22-26,29-30H,10-17H2,1-3H3/t18?,20?,22-,23+,24-,25-,26?,27+,28-/m0/s1. The Balaban J connectivity index is 1.38. The van der Waals surface area contributed by atoms with Crippen molar-refractivity contribution in [2.24, 2.45) is 40.4 Å². The van der Waals surface area contributed by atoms with Gasteiger partial charge in [0.15, 0.2) is 9.84 Å². The molecular formula is C28H40O4S. The van der Waals surface area contributed by atoms with Crippen LogP contribution in [0.25, 0.3) is 0 Å². The van der Waals surface area contributed by atoms with E-state index in [0.717, 1.165) is 32.1 Å². The van der Waals surface area contributed by atoms with Crippen LogP contribution in [-0.2, 0) is 9.84 Å². The fourth-order valence-corrected chi connectivity index (χ4v) is 10.6. The molecule has 1 aromatic rings. The van der Waals surface area contributed by atoms with Gasteiger partial charge in [0, 0.05) is 11.8 Å². The van der Waals surface area contributed by atoms with Gasteiger partial charge in [-0.1, -0.05) is 50.6 Å². The molecule has 0 saturated heterocycles. The van der Waals surface area contributed by atoms with Crippen molar-refractivity contribution in [1.29, 1.82) is 0 Å². The normalized spacial score (nSPS) is 43.7. The third-order valence-corrected chi connectivity index (χ3v) is 12.5. The maximum absolute atomic E-state index is 13.1. The van der Waals surface area contributed by atoms with E-state index >= 15 is 0 Å². The summed E-state index contributed by atoms with van der Waals surface area (Å²) >= 11 is 0. The second kappa shape index (κ2) is 8.20. The Morgan fingerprint density at radius 3 is 2.52 bits per heavy atom. The van der Waals surface area contributed by atoms with Gasteiger partial charge in [-0.3, -0.25) is 0 Å². The Kier molecular flexibility index (Phi) is 5.86. The van der Waals surface area contributed by atoms with Crippen molar-refractivity contribution in [2.45, 2.75) is 82.8 Å². The first-order chi connectivity index (χ1) is 15.6. The number of rotatable bonds is 4. The smallest absolute Gasteiger partial charge is 0.178 e. The molecule has 4 aliphatic carbocycles. The predicted molar refractivity (Wildman–Crippen MR) is 130 cm³/mol. The Morgan fingerprint density at radius 1 is 1.06 bits per heavy atom. The second-order valence-electron chi connectivity index (χ2n) is 12.0. The van der Waals surface area contributed by atoms with Crippen LogP contribution in [0.1, 0.15) is 65.7 Å². The zero-order valence-corrected chi connectivity index (χ0v) is 21.1. The Bertz CT molecular complexity index is 1020. The van der Waals surface area contributed by atoms with Crippen molar-refractivity contribution in [3.05, 3.63) is 42.0 Å². The van der Waals surface area contributed by atoms with E-state index in [2.05, 4.69) is 26.8 Å². The van der Waals surface area contributed by atoms with Crippen LogP contribution in [0.3, 0.4) is 0 Å². The predicted octanol–water partition coefficient (Wildman–Crippen LogP) is 5.01. The second-order valence-corrected chi connectivity index (χ2v) is 14.1. The highest BCUT2D eigenvalue weighted by Gasteiger charge is 2.61. The van der Waals surface area contributed by atoms with E-state index in [4.69, 9.17) is 0 Å². The van der Waals surface area contributed by atoms with E-state index in [1.165, 1.54) is 5.57 Å². The summed E-state index contributed by atoms with van der Waals surface area (Å²) in [5, 5.41) is 21.3. The Hall–Kier alpha value is -1.17. The van der Waals surface area contributed by atoms with Crippen molar-refractivity contribution >= 4 is 9.84 Å². The first-order valence-electron chi connectivity index (χ1n) is 12.9. The van der Waals surface area contributed by atoms with Crippen molar-refractivity contribution in [3.8, 4) is 0 Å². The van der Waals surface area contributed by atoms with E-state index < -0.39 is 22.0 Å². The molecule has 0 bridgehead atoms. The van der Waals surface area contributed by atoms with Crippen LogP contribution >= 0.6 is 0 Å². The molecule has 2 N–H and O–H groups in total. The fourth-order valence-electron chi connectivity index (χ4n) is 8.86. The lowest BCUT2D eigenvalue weighted by molar-refractivity contribution is -0.107. The largest absolute Gasteiger partial charge is 0.393 e. The minimum Gasteiger partial charge on any atom is -0.393 e. The minimum atomic E-state index is -3.29. The molecular weight excluding hydrogens is 432 g/mol. The maximum Gasteiger partial charge on any atom is 0.178 e. The number of sulfone groups is 1. The molecule has 3 unspecified atom stereocenters. The first-order valence-corrected chi connectivity index (χ1v) is 14.6. The molecule has 0 amide bonds. The van der Waals surface area contributed by atoms with Gasteiger partial charge in [-0.25, -0.2) is 8.42 Å². The SMILES string of the molecule is CC(CS(=O)(=O)c1ccccc1)[C@H]1CC[C@H]2[C@@H]3CC=C4CC(O)CC(O)[C@]4(C)[C@H]3CC[C@]12C. The van der Waals surface area contributed by atoms with Crippen LogP contribution in [0.2, 0.25) is 0 Å². The number of aliphatic hydroxyl groups is 2. The quantitative estimate of drug-likeness (QED) is 0.604. The van der Waals surface area contributed by atoms with E-state index in [9.17, 15) is 18.6 Å². The van der Waals surface area contributed by atoms with E-state index in [1.54, 1.807) is 24.3 Å². The van der Waals surface area contributed by atoms with E-state index in [1.807, 2.05) is 6.07 Å². The zero-order valence-electron chi connectivity index (χ0n) is 20.3. The van der Waals surface area contributed by atoms with Crippen LogP contribution in [0.4, 0.5) is 0 Å². The van der Waals surface area contributed by atoms with Gasteiger partial charge < -0.3 is 10.2 Å². The summed E-state index contributed by atoms with van der Waals surface area (Å²) in [4.78, 5) is 0.437. The summed E-state index contributed by atoms with van der Waals surface area (Å²) in [6.07, 6.45) is 8.13. The lowest BCUT2D eigenvalue weighted by Gasteiger charge is -2.59. The van der Waals surface area contributed by atoms with Crippen LogP contribution in [0, 0.1) is 40.4 Å². The highest BCUT2D eigenvalue weighted by Crippen LogP contribution is 2.67. The van der Waals surface area contributed by atoms with Crippen LogP contribution in [0.5, 0.6) is 0 Å². The highest BCUT2D eigenvalue weighted by molar-refractivity contribution is 7.91. The zero-order chi connectivity index (χ0) is 23.6. The molecule has 0 radical (unpaired) electrons. The molecule has 9 atom stereocenters. The number of allylic oxidation sites excluding steroid dienone is 1. The lowest BCUT2D eigenvalue weighted by atomic mass is 9.46. The first kappa shape index (κ1) is 23.6. The van der Waals surface area contributed by atoms with Crippen molar-refractivity contribution in [1.82, 2.24) is 0 Å². The Labute approximate surface area is 199 Å². The molecule has 0 aliphatic heterocycles. The van der Waals surface area contributed by atoms with E-state index in [0.29, 0.717) is 41.4 Å². The molecule has 0 spiro atoms. The summed E-state index contributed by atoms with van der Waals surface area (Å²) < 4.78 is 26.2.